The number of fused-ring (bicyclic) bond motifs is 2. The van der Waals surface area contributed by atoms with Crippen molar-refractivity contribution >= 4 is 28.0 Å². The molecule has 0 saturated carbocycles. The molecular weight excluding hydrogens is 358 g/mol. The van der Waals surface area contributed by atoms with Crippen LogP contribution in [0, 0.1) is 0 Å². The van der Waals surface area contributed by atoms with Crippen LogP contribution < -0.4 is 0 Å². The molecule has 1 aliphatic heterocycles. The molecule has 28 heavy (non-hydrogen) atoms. The fourth-order valence-corrected chi connectivity index (χ4v) is 3.22. The maximum Gasteiger partial charge on any atom is 0.254 e. The number of aromatic nitrogens is 4. The predicted molar refractivity (Wildman–Crippen MR) is 105 cm³/mol. The number of nitrogens with one attached hydrogen (secondary N) is 1. The molecule has 4 aromatic rings. The SMILES string of the molecule is CC.O=C(c1ccc2nc(-c3cccc4nonc34)[nH]c2c1)N1CCOCC1. The summed E-state index contributed by atoms with van der Waals surface area (Å²) in [6.07, 6.45) is 0. The van der Waals surface area contributed by atoms with Crippen molar-refractivity contribution in [3.8, 4) is 11.4 Å². The lowest BCUT2D eigenvalue weighted by atomic mass is 10.1. The second-order valence-electron chi connectivity index (χ2n) is 6.16. The quantitative estimate of drug-likeness (QED) is 0.574. The van der Waals surface area contributed by atoms with Gasteiger partial charge < -0.3 is 14.6 Å². The highest BCUT2D eigenvalue weighted by Crippen LogP contribution is 2.26. The van der Waals surface area contributed by atoms with E-state index in [1.165, 1.54) is 0 Å². The topological polar surface area (TPSA) is 97.1 Å². The van der Waals surface area contributed by atoms with Crippen molar-refractivity contribution in [2.45, 2.75) is 13.8 Å². The van der Waals surface area contributed by atoms with Crippen molar-refractivity contribution < 1.29 is 14.2 Å². The number of imidazole rings is 1. The molecule has 1 fully saturated rings. The number of ether oxygens (including phenoxy) is 1. The monoisotopic (exact) mass is 379 g/mol. The Bertz CT molecular complexity index is 1110. The van der Waals surface area contributed by atoms with Crippen LogP contribution >= 0.6 is 0 Å². The largest absolute Gasteiger partial charge is 0.378 e. The van der Waals surface area contributed by atoms with E-state index in [0.29, 0.717) is 48.7 Å². The van der Waals surface area contributed by atoms with Crippen LogP contribution in [0.1, 0.15) is 24.2 Å². The lowest BCUT2D eigenvalue weighted by molar-refractivity contribution is 0.0303. The Morgan fingerprint density at radius 2 is 1.89 bits per heavy atom. The molecule has 8 heteroatoms. The molecule has 5 rings (SSSR count). The summed E-state index contributed by atoms with van der Waals surface area (Å²) in [6.45, 7) is 6.40. The highest BCUT2D eigenvalue weighted by atomic mass is 16.6. The van der Waals surface area contributed by atoms with Crippen LogP contribution in [0.25, 0.3) is 33.5 Å². The van der Waals surface area contributed by atoms with E-state index in [4.69, 9.17) is 9.37 Å². The van der Waals surface area contributed by atoms with Gasteiger partial charge in [-0.15, -0.1) is 0 Å². The summed E-state index contributed by atoms with van der Waals surface area (Å²) in [5, 5.41) is 7.81. The molecular formula is C20H21N5O3. The lowest BCUT2D eigenvalue weighted by Gasteiger charge is -2.26. The molecule has 0 bridgehead atoms. The number of hydrogen-bond donors (Lipinski definition) is 1. The van der Waals surface area contributed by atoms with E-state index in [1.54, 1.807) is 0 Å². The van der Waals surface area contributed by atoms with Crippen LogP contribution in [0.5, 0.6) is 0 Å². The Hall–Kier alpha value is -3.26. The summed E-state index contributed by atoms with van der Waals surface area (Å²) < 4.78 is 10.1. The molecule has 1 amide bonds. The van der Waals surface area contributed by atoms with Crippen LogP contribution in [-0.2, 0) is 4.74 Å². The first-order chi connectivity index (χ1) is 13.8. The third-order valence-corrected chi connectivity index (χ3v) is 4.57. The molecule has 1 aliphatic rings. The third kappa shape index (κ3) is 3.22. The van der Waals surface area contributed by atoms with Crippen LogP contribution in [0.15, 0.2) is 41.0 Å². The molecule has 0 radical (unpaired) electrons. The van der Waals surface area contributed by atoms with Crippen molar-refractivity contribution in [1.29, 1.82) is 0 Å². The van der Waals surface area contributed by atoms with Crippen molar-refractivity contribution in [3.05, 3.63) is 42.0 Å². The Labute approximate surface area is 161 Å². The Balaban J connectivity index is 0.000000932. The van der Waals surface area contributed by atoms with Gasteiger partial charge in [-0.25, -0.2) is 9.61 Å². The highest BCUT2D eigenvalue weighted by Gasteiger charge is 2.19. The summed E-state index contributed by atoms with van der Waals surface area (Å²) in [5.41, 5.74) is 4.35. The summed E-state index contributed by atoms with van der Waals surface area (Å²) >= 11 is 0. The second kappa shape index (κ2) is 7.77. The van der Waals surface area contributed by atoms with E-state index in [9.17, 15) is 4.79 Å². The van der Waals surface area contributed by atoms with E-state index in [-0.39, 0.29) is 5.91 Å². The Kier molecular flexibility index (Phi) is 5.03. The minimum atomic E-state index is 0.00847. The highest BCUT2D eigenvalue weighted by molar-refractivity contribution is 5.98. The number of carbonyl (C=O) groups is 1. The molecule has 3 heterocycles. The number of hydrogen-bond acceptors (Lipinski definition) is 6. The standard InChI is InChI=1S/C18H15N5O3.C2H6/c24-18(23-6-8-25-9-7-23)11-4-5-13-15(10-11)20-17(19-13)12-2-1-3-14-16(12)22-26-21-14;1-2/h1-5,10H,6-9H2,(H,19,20);1-2H3. The first-order valence-electron chi connectivity index (χ1n) is 9.38. The molecule has 0 atom stereocenters. The van der Waals surface area contributed by atoms with Gasteiger partial charge in [-0.05, 0) is 40.6 Å². The number of aromatic amines is 1. The molecule has 0 aliphatic carbocycles. The number of carbonyl (C=O) groups excluding carboxylic acids is 1. The van der Waals surface area contributed by atoms with Gasteiger partial charge in [0.1, 0.15) is 16.9 Å². The fraction of sp³-hybridized carbons (Fsp3) is 0.300. The van der Waals surface area contributed by atoms with Crippen molar-refractivity contribution in [1.82, 2.24) is 25.2 Å². The van der Waals surface area contributed by atoms with Gasteiger partial charge in [-0.1, -0.05) is 19.9 Å². The van der Waals surface area contributed by atoms with Crippen LogP contribution in [0.3, 0.4) is 0 Å². The zero-order valence-corrected chi connectivity index (χ0v) is 15.8. The average Bonchev–Trinajstić information content (AvgIpc) is 3.41. The van der Waals surface area contributed by atoms with Gasteiger partial charge in [0.05, 0.1) is 24.2 Å². The van der Waals surface area contributed by atoms with E-state index < -0.39 is 0 Å². The maximum absolute atomic E-state index is 12.7. The van der Waals surface area contributed by atoms with Crippen LogP contribution in [-0.4, -0.2) is 57.4 Å². The minimum Gasteiger partial charge on any atom is -0.378 e. The van der Waals surface area contributed by atoms with E-state index in [0.717, 1.165) is 16.6 Å². The average molecular weight is 379 g/mol. The molecule has 1 saturated heterocycles. The van der Waals surface area contributed by atoms with Crippen molar-refractivity contribution in [2.75, 3.05) is 26.3 Å². The number of morpholine rings is 1. The van der Waals surface area contributed by atoms with Gasteiger partial charge in [0.15, 0.2) is 0 Å². The zero-order chi connectivity index (χ0) is 19.5. The predicted octanol–water partition coefficient (Wildman–Crippen LogP) is 3.26. The van der Waals surface area contributed by atoms with Gasteiger partial charge in [0, 0.05) is 24.2 Å². The number of benzene rings is 2. The first kappa shape index (κ1) is 18.1. The summed E-state index contributed by atoms with van der Waals surface area (Å²) in [4.78, 5) is 22.4. The lowest BCUT2D eigenvalue weighted by Crippen LogP contribution is -2.40. The Morgan fingerprint density at radius 3 is 2.71 bits per heavy atom. The molecule has 0 unspecified atom stereocenters. The molecule has 8 nitrogen and oxygen atoms in total. The number of nitrogens with zero attached hydrogens (tertiary/aromatic N) is 4. The van der Waals surface area contributed by atoms with Gasteiger partial charge in [-0.3, -0.25) is 4.79 Å². The fourth-order valence-electron chi connectivity index (χ4n) is 3.22. The molecule has 2 aromatic heterocycles. The summed E-state index contributed by atoms with van der Waals surface area (Å²) in [5.74, 6) is 0.673. The van der Waals surface area contributed by atoms with E-state index >= 15 is 0 Å². The van der Waals surface area contributed by atoms with Gasteiger partial charge in [0.25, 0.3) is 5.91 Å². The van der Waals surface area contributed by atoms with Crippen LogP contribution in [0.2, 0.25) is 0 Å². The van der Waals surface area contributed by atoms with E-state index in [2.05, 4.69) is 20.3 Å². The third-order valence-electron chi connectivity index (χ3n) is 4.57. The van der Waals surface area contributed by atoms with Gasteiger partial charge in [-0.2, -0.15) is 0 Å². The smallest absolute Gasteiger partial charge is 0.254 e. The summed E-state index contributed by atoms with van der Waals surface area (Å²) in [7, 11) is 0. The second-order valence-corrected chi connectivity index (χ2v) is 6.16. The van der Waals surface area contributed by atoms with Crippen LogP contribution in [0.4, 0.5) is 0 Å². The van der Waals surface area contributed by atoms with Crippen molar-refractivity contribution in [2.24, 2.45) is 0 Å². The molecule has 2 aromatic carbocycles. The number of H-pyrrole nitrogens is 1. The number of amides is 1. The normalized spacial score (nSPS) is 14.1. The summed E-state index contributed by atoms with van der Waals surface area (Å²) in [6, 6.07) is 11.1. The maximum atomic E-state index is 12.7. The molecule has 0 spiro atoms. The first-order valence-corrected chi connectivity index (χ1v) is 9.38. The zero-order valence-electron chi connectivity index (χ0n) is 15.8. The Morgan fingerprint density at radius 1 is 1.07 bits per heavy atom. The molecule has 1 N–H and O–H groups in total. The van der Waals surface area contributed by atoms with Crippen molar-refractivity contribution in [3.63, 3.8) is 0 Å². The van der Waals surface area contributed by atoms with E-state index in [1.807, 2.05) is 55.1 Å². The van der Waals surface area contributed by atoms with Gasteiger partial charge >= 0.3 is 0 Å². The molecule has 144 valence electrons. The van der Waals surface area contributed by atoms with Gasteiger partial charge in [0.2, 0.25) is 0 Å². The minimum absolute atomic E-state index is 0.00847. The number of rotatable bonds is 2.